The molecule has 0 bridgehead atoms. The normalized spacial score (nSPS) is 9.46. The quantitative estimate of drug-likeness (QED) is 0.575. The lowest BCUT2D eigenvalue weighted by atomic mass is 10.2. The topological polar surface area (TPSA) is 35.5 Å². The molecule has 0 N–H and O–H groups in total. The van der Waals surface area contributed by atoms with E-state index in [2.05, 4.69) is 22.6 Å². The Hall–Kier alpha value is -0.0500. The number of ether oxygens (including phenoxy) is 1. The summed E-state index contributed by atoms with van der Waals surface area (Å²) in [5, 5.41) is 0. The van der Waals surface area contributed by atoms with Gasteiger partial charge in [0.1, 0.15) is 6.29 Å². The third-order valence-corrected chi connectivity index (χ3v) is 2.71. The predicted octanol–water partition coefficient (Wildman–Crippen LogP) is 2.84. The monoisotopic (exact) mass is 404 g/mol. The third kappa shape index (κ3) is 2.46. The van der Waals surface area contributed by atoms with E-state index in [9.17, 15) is 4.79 Å². The first-order valence-electron chi connectivity index (χ1n) is 3.34. The molecular formula is C8H6I2O3. The lowest BCUT2D eigenvalue weighted by Crippen LogP contribution is -1.92. The SMILES string of the molecule is COc1cc(C=O)cc(I)c1OI. The van der Waals surface area contributed by atoms with Crippen molar-refractivity contribution in [3.05, 3.63) is 21.3 Å². The van der Waals surface area contributed by atoms with E-state index < -0.39 is 0 Å². The molecule has 0 fully saturated rings. The average Bonchev–Trinajstić information content (AvgIpc) is 2.16. The molecule has 0 radical (unpaired) electrons. The Kier molecular flexibility index (Phi) is 4.23. The number of carbonyl (C=O) groups is 1. The average molecular weight is 404 g/mol. The van der Waals surface area contributed by atoms with E-state index >= 15 is 0 Å². The summed E-state index contributed by atoms with van der Waals surface area (Å²) in [5.41, 5.74) is 0.582. The zero-order valence-corrected chi connectivity index (χ0v) is 11.0. The summed E-state index contributed by atoms with van der Waals surface area (Å²) in [6.45, 7) is 0. The first-order valence-corrected chi connectivity index (χ1v) is 5.30. The van der Waals surface area contributed by atoms with Crippen LogP contribution >= 0.6 is 45.6 Å². The third-order valence-electron chi connectivity index (χ3n) is 1.47. The van der Waals surface area contributed by atoms with Crippen molar-refractivity contribution in [3.8, 4) is 11.5 Å². The molecule has 1 aromatic rings. The standard InChI is InChI=1S/C8H6I2O3/c1-12-7-3-5(4-11)2-6(9)8(7)13-10/h2-4H,1H3. The highest BCUT2D eigenvalue weighted by atomic mass is 127. The van der Waals surface area contributed by atoms with Gasteiger partial charge in [-0.2, -0.15) is 0 Å². The second kappa shape index (κ2) is 4.99. The second-order valence-corrected chi connectivity index (χ2v) is 3.83. The number of carbonyl (C=O) groups excluding carboxylic acids is 1. The molecule has 0 aliphatic rings. The van der Waals surface area contributed by atoms with Crippen LogP contribution in [0.15, 0.2) is 12.1 Å². The molecule has 0 unspecified atom stereocenters. The van der Waals surface area contributed by atoms with Gasteiger partial charge in [-0.1, -0.05) is 0 Å². The van der Waals surface area contributed by atoms with Gasteiger partial charge in [0.05, 0.1) is 10.7 Å². The first kappa shape index (κ1) is 11.0. The van der Waals surface area contributed by atoms with Crippen LogP contribution in [0.3, 0.4) is 0 Å². The van der Waals surface area contributed by atoms with Crippen molar-refractivity contribution in [2.24, 2.45) is 0 Å². The summed E-state index contributed by atoms with van der Waals surface area (Å²) in [7, 11) is 1.54. The molecule has 13 heavy (non-hydrogen) atoms. The largest absolute Gasteiger partial charge is 0.493 e. The van der Waals surface area contributed by atoms with Gasteiger partial charge in [0.2, 0.25) is 0 Å². The van der Waals surface area contributed by atoms with Crippen molar-refractivity contribution >= 4 is 51.9 Å². The minimum Gasteiger partial charge on any atom is -0.493 e. The van der Waals surface area contributed by atoms with Crippen LogP contribution in [0.25, 0.3) is 0 Å². The molecule has 1 rings (SSSR count). The number of hydrogen-bond acceptors (Lipinski definition) is 3. The van der Waals surface area contributed by atoms with Gasteiger partial charge in [0.25, 0.3) is 0 Å². The molecule has 0 aliphatic heterocycles. The minimum atomic E-state index is 0.573. The maximum absolute atomic E-state index is 10.5. The fourth-order valence-electron chi connectivity index (χ4n) is 0.883. The van der Waals surface area contributed by atoms with Gasteiger partial charge in [-0.05, 0) is 34.7 Å². The Morgan fingerprint density at radius 2 is 2.15 bits per heavy atom. The number of hydrogen-bond donors (Lipinski definition) is 0. The zero-order valence-electron chi connectivity index (χ0n) is 6.71. The van der Waals surface area contributed by atoms with E-state index in [0.29, 0.717) is 17.1 Å². The molecular weight excluding hydrogens is 398 g/mol. The molecule has 5 heteroatoms. The minimum absolute atomic E-state index is 0.573. The van der Waals surface area contributed by atoms with Crippen LogP contribution in [-0.4, -0.2) is 13.4 Å². The summed E-state index contributed by atoms with van der Waals surface area (Å²) in [6, 6.07) is 3.38. The van der Waals surface area contributed by atoms with Gasteiger partial charge in [0, 0.05) is 5.56 Å². The van der Waals surface area contributed by atoms with Gasteiger partial charge < -0.3 is 7.80 Å². The summed E-state index contributed by atoms with van der Waals surface area (Å²) in [4.78, 5) is 10.5. The Morgan fingerprint density at radius 3 is 2.62 bits per heavy atom. The van der Waals surface area contributed by atoms with Crippen molar-refractivity contribution < 1.29 is 12.6 Å². The smallest absolute Gasteiger partial charge is 0.192 e. The van der Waals surface area contributed by atoms with E-state index in [4.69, 9.17) is 7.80 Å². The predicted molar refractivity (Wildman–Crippen MR) is 65.7 cm³/mol. The van der Waals surface area contributed by atoms with E-state index in [1.165, 1.54) is 0 Å². The van der Waals surface area contributed by atoms with Crippen LogP contribution in [0.1, 0.15) is 10.4 Å². The van der Waals surface area contributed by atoms with Crippen molar-refractivity contribution in [3.63, 3.8) is 0 Å². The molecule has 0 heterocycles. The van der Waals surface area contributed by atoms with Crippen LogP contribution < -0.4 is 7.80 Å². The van der Waals surface area contributed by atoms with Crippen molar-refractivity contribution in [1.29, 1.82) is 0 Å². The molecule has 0 atom stereocenters. The Morgan fingerprint density at radius 1 is 1.46 bits per heavy atom. The van der Waals surface area contributed by atoms with Crippen molar-refractivity contribution in [1.82, 2.24) is 0 Å². The zero-order chi connectivity index (χ0) is 9.84. The molecule has 0 aliphatic carbocycles. The molecule has 0 spiro atoms. The van der Waals surface area contributed by atoms with Crippen LogP contribution in [-0.2, 0) is 0 Å². The van der Waals surface area contributed by atoms with E-state index in [1.807, 2.05) is 0 Å². The molecule has 0 saturated carbocycles. The van der Waals surface area contributed by atoms with Gasteiger partial charge in [-0.25, -0.2) is 0 Å². The molecule has 0 aromatic heterocycles. The Labute approximate surface area is 104 Å². The van der Waals surface area contributed by atoms with E-state index in [-0.39, 0.29) is 0 Å². The summed E-state index contributed by atoms with van der Waals surface area (Å²) in [6.07, 6.45) is 0.779. The molecule has 0 saturated heterocycles. The highest BCUT2D eigenvalue weighted by Crippen LogP contribution is 2.34. The fraction of sp³-hybridized carbons (Fsp3) is 0.125. The first-order chi connectivity index (χ1) is 6.22. The van der Waals surface area contributed by atoms with Gasteiger partial charge in [-0.3, -0.25) is 4.79 Å². The number of halogens is 2. The van der Waals surface area contributed by atoms with Crippen LogP contribution in [0, 0.1) is 3.57 Å². The molecule has 3 nitrogen and oxygen atoms in total. The second-order valence-electron chi connectivity index (χ2n) is 2.23. The highest BCUT2D eigenvalue weighted by Gasteiger charge is 2.10. The molecule has 1 aromatic carbocycles. The van der Waals surface area contributed by atoms with Crippen molar-refractivity contribution in [2.45, 2.75) is 0 Å². The molecule has 0 amide bonds. The summed E-state index contributed by atoms with van der Waals surface area (Å²) in [5.74, 6) is 1.22. The van der Waals surface area contributed by atoms with Gasteiger partial charge >= 0.3 is 0 Å². The van der Waals surface area contributed by atoms with Gasteiger partial charge in [0.15, 0.2) is 34.5 Å². The van der Waals surface area contributed by atoms with Crippen molar-refractivity contribution in [2.75, 3.05) is 7.11 Å². The van der Waals surface area contributed by atoms with Gasteiger partial charge in [-0.15, -0.1) is 0 Å². The lowest BCUT2D eigenvalue weighted by Gasteiger charge is -2.07. The van der Waals surface area contributed by atoms with E-state index in [0.717, 1.165) is 9.86 Å². The van der Waals surface area contributed by atoms with Crippen LogP contribution in [0.5, 0.6) is 11.5 Å². The van der Waals surface area contributed by atoms with Crippen LogP contribution in [0.4, 0.5) is 0 Å². The maximum Gasteiger partial charge on any atom is 0.192 e. The Bertz CT molecular complexity index is 325. The maximum atomic E-state index is 10.5. The number of benzene rings is 1. The summed E-state index contributed by atoms with van der Waals surface area (Å²) >= 11 is 3.87. The number of aldehydes is 1. The van der Waals surface area contributed by atoms with E-state index in [1.54, 1.807) is 42.2 Å². The van der Waals surface area contributed by atoms with Crippen LogP contribution in [0.2, 0.25) is 0 Å². The molecule has 70 valence electrons. The number of rotatable bonds is 3. The Balaban J connectivity index is 3.28. The summed E-state index contributed by atoms with van der Waals surface area (Å²) < 4.78 is 11.0. The number of methoxy groups -OCH3 is 1. The lowest BCUT2D eigenvalue weighted by molar-refractivity contribution is 0.112. The highest BCUT2D eigenvalue weighted by molar-refractivity contribution is 14.1. The fourth-order valence-corrected chi connectivity index (χ4v) is 2.49.